The quantitative estimate of drug-likeness (QED) is 0.838. The van der Waals surface area contributed by atoms with Gasteiger partial charge in [-0.3, -0.25) is 4.79 Å². The molecule has 1 aliphatic heterocycles. The molecule has 1 aliphatic rings. The van der Waals surface area contributed by atoms with Crippen LogP contribution in [0.5, 0.6) is 0 Å². The van der Waals surface area contributed by atoms with Crippen molar-refractivity contribution in [2.75, 3.05) is 6.54 Å². The molecule has 0 aromatic heterocycles. The molecule has 2 nitrogen and oxygen atoms in total. The van der Waals surface area contributed by atoms with E-state index in [4.69, 9.17) is 0 Å². The summed E-state index contributed by atoms with van der Waals surface area (Å²) < 4.78 is 14.1. The lowest BCUT2D eigenvalue weighted by molar-refractivity contribution is 0.0948. The molecule has 0 bridgehead atoms. The zero-order valence-electron chi connectivity index (χ0n) is 8.09. The molecular weight excluding hydrogens is 261 g/mol. The Labute approximate surface area is 96.0 Å². The summed E-state index contributed by atoms with van der Waals surface area (Å²) >= 11 is 3.16. The van der Waals surface area contributed by atoms with Crippen LogP contribution < -0.4 is 5.32 Å². The first-order valence-corrected chi connectivity index (χ1v) is 5.70. The summed E-state index contributed by atoms with van der Waals surface area (Å²) in [5.74, 6) is -0.597. The van der Waals surface area contributed by atoms with Gasteiger partial charge in [0.15, 0.2) is 5.78 Å². The van der Waals surface area contributed by atoms with Crippen LogP contribution in [0.3, 0.4) is 0 Å². The van der Waals surface area contributed by atoms with Gasteiger partial charge in [-0.15, -0.1) is 0 Å². The van der Waals surface area contributed by atoms with Crippen molar-refractivity contribution >= 4 is 21.7 Å². The minimum absolute atomic E-state index is 0.141. The van der Waals surface area contributed by atoms with Crippen LogP contribution in [0.4, 0.5) is 4.39 Å². The van der Waals surface area contributed by atoms with Crippen molar-refractivity contribution < 1.29 is 9.18 Å². The van der Waals surface area contributed by atoms with Crippen molar-refractivity contribution in [2.45, 2.75) is 18.9 Å². The number of halogens is 2. The molecule has 80 valence electrons. The highest BCUT2D eigenvalue weighted by atomic mass is 79.9. The van der Waals surface area contributed by atoms with Crippen LogP contribution in [0.1, 0.15) is 23.2 Å². The first-order valence-electron chi connectivity index (χ1n) is 4.91. The summed E-state index contributed by atoms with van der Waals surface area (Å²) in [5.41, 5.74) is 0.178. The molecule has 0 saturated carbocycles. The van der Waals surface area contributed by atoms with Gasteiger partial charge in [-0.25, -0.2) is 4.39 Å². The number of hydrogen-bond donors (Lipinski definition) is 1. The van der Waals surface area contributed by atoms with Gasteiger partial charge >= 0.3 is 0 Å². The number of rotatable bonds is 2. The van der Waals surface area contributed by atoms with Crippen LogP contribution in [0, 0.1) is 5.82 Å². The number of hydrogen-bond acceptors (Lipinski definition) is 2. The summed E-state index contributed by atoms with van der Waals surface area (Å²) in [6.07, 6.45) is 1.78. The second kappa shape index (κ2) is 4.41. The van der Waals surface area contributed by atoms with E-state index in [0.29, 0.717) is 4.47 Å². The third-order valence-corrected chi connectivity index (χ3v) is 3.07. The number of ketones is 1. The Balaban J connectivity index is 2.24. The summed E-state index contributed by atoms with van der Waals surface area (Å²) in [6, 6.07) is 4.33. The van der Waals surface area contributed by atoms with Gasteiger partial charge in [0.1, 0.15) is 5.82 Å². The van der Waals surface area contributed by atoms with E-state index in [-0.39, 0.29) is 17.4 Å². The normalized spacial score (nSPS) is 20.5. The molecule has 2 rings (SSSR count). The summed E-state index contributed by atoms with van der Waals surface area (Å²) in [7, 11) is 0. The summed E-state index contributed by atoms with van der Waals surface area (Å²) in [5, 5.41) is 3.07. The second-order valence-corrected chi connectivity index (χ2v) is 4.55. The molecule has 1 saturated heterocycles. The monoisotopic (exact) mass is 271 g/mol. The first-order chi connectivity index (χ1) is 7.18. The maximum atomic E-state index is 13.5. The van der Waals surface area contributed by atoms with Crippen LogP contribution in [0.25, 0.3) is 0 Å². The Morgan fingerprint density at radius 3 is 2.93 bits per heavy atom. The van der Waals surface area contributed by atoms with Crippen molar-refractivity contribution in [3.8, 4) is 0 Å². The van der Waals surface area contributed by atoms with E-state index >= 15 is 0 Å². The molecule has 0 spiro atoms. The Hall–Kier alpha value is -0.740. The van der Waals surface area contributed by atoms with Gasteiger partial charge in [-0.05, 0) is 37.6 Å². The van der Waals surface area contributed by atoms with E-state index in [1.165, 1.54) is 12.1 Å². The SMILES string of the molecule is O=C(c1ccc(Br)cc1F)C1CCCN1. The first kappa shape index (κ1) is 10.8. The summed E-state index contributed by atoms with van der Waals surface area (Å²) in [4.78, 5) is 11.9. The minimum Gasteiger partial charge on any atom is -0.307 e. The Morgan fingerprint density at radius 2 is 2.33 bits per heavy atom. The summed E-state index contributed by atoms with van der Waals surface area (Å²) in [6.45, 7) is 0.842. The highest BCUT2D eigenvalue weighted by Gasteiger charge is 2.25. The van der Waals surface area contributed by atoms with E-state index in [2.05, 4.69) is 21.2 Å². The maximum Gasteiger partial charge on any atom is 0.182 e. The van der Waals surface area contributed by atoms with Gasteiger partial charge in [0.05, 0.1) is 11.6 Å². The van der Waals surface area contributed by atoms with Gasteiger partial charge in [0.2, 0.25) is 0 Å². The molecular formula is C11H11BrFNO. The fraction of sp³-hybridized carbons (Fsp3) is 0.364. The number of nitrogens with one attached hydrogen (secondary N) is 1. The molecule has 0 aliphatic carbocycles. The fourth-order valence-corrected chi connectivity index (χ4v) is 2.12. The highest BCUT2D eigenvalue weighted by Crippen LogP contribution is 2.19. The third kappa shape index (κ3) is 2.26. The van der Waals surface area contributed by atoms with Crippen molar-refractivity contribution in [2.24, 2.45) is 0 Å². The zero-order valence-corrected chi connectivity index (χ0v) is 9.68. The number of carbonyl (C=O) groups excluding carboxylic acids is 1. The molecule has 4 heteroatoms. The van der Waals surface area contributed by atoms with Gasteiger partial charge in [-0.2, -0.15) is 0 Å². The Morgan fingerprint density at radius 1 is 1.53 bits per heavy atom. The molecule has 1 aromatic rings. The Kier molecular flexibility index (Phi) is 3.17. The predicted molar refractivity (Wildman–Crippen MR) is 59.5 cm³/mol. The average molecular weight is 272 g/mol. The van der Waals surface area contributed by atoms with Crippen molar-refractivity contribution in [3.05, 3.63) is 34.1 Å². The number of Topliss-reactive ketones (excluding diaryl/α,β-unsaturated/α-hetero) is 1. The highest BCUT2D eigenvalue weighted by molar-refractivity contribution is 9.10. The lowest BCUT2D eigenvalue weighted by Gasteiger charge is -2.09. The van der Waals surface area contributed by atoms with E-state index < -0.39 is 5.82 Å². The Bertz CT molecular complexity index is 388. The van der Waals surface area contributed by atoms with Crippen molar-refractivity contribution in [1.29, 1.82) is 0 Å². The van der Waals surface area contributed by atoms with E-state index in [0.717, 1.165) is 19.4 Å². The van der Waals surface area contributed by atoms with Crippen LogP contribution >= 0.6 is 15.9 Å². The lowest BCUT2D eigenvalue weighted by Crippen LogP contribution is -2.31. The van der Waals surface area contributed by atoms with Crippen molar-refractivity contribution in [1.82, 2.24) is 5.32 Å². The van der Waals surface area contributed by atoms with Crippen LogP contribution in [-0.4, -0.2) is 18.4 Å². The predicted octanol–water partition coefficient (Wildman–Crippen LogP) is 2.52. The molecule has 1 atom stereocenters. The van der Waals surface area contributed by atoms with E-state index in [1.54, 1.807) is 6.07 Å². The van der Waals surface area contributed by atoms with Crippen LogP contribution in [0.15, 0.2) is 22.7 Å². The molecule has 0 radical (unpaired) electrons. The zero-order chi connectivity index (χ0) is 10.8. The number of benzene rings is 1. The van der Waals surface area contributed by atoms with Gasteiger partial charge in [-0.1, -0.05) is 15.9 Å². The molecule has 15 heavy (non-hydrogen) atoms. The lowest BCUT2D eigenvalue weighted by atomic mass is 10.0. The minimum atomic E-state index is -0.455. The average Bonchev–Trinajstić information content (AvgIpc) is 2.69. The molecule has 1 fully saturated rings. The van der Waals surface area contributed by atoms with E-state index in [1.807, 2.05) is 0 Å². The van der Waals surface area contributed by atoms with Gasteiger partial charge < -0.3 is 5.32 Å². The van der Waals surface area contributed by atoms with Gasteiger partial charge in [0, 0.05) is 4.47 Å². The standard InChI is InChI=1S/C11H11BrFNO/c12-7-3-4-8(9(13)6-7)11(15)10-2-1-5-14-10/h3-4,6,10,14H,1-2,5H2. The van der Waals surface area contributed by atoms with Gasteiger partial charge in [0.25, 0.3) is 0 Å². The smallest absolute Gasteiger partial charge is 0.182 e. The molecule has 0 amide bonds. The number of carbonyl (C=O) groups is 1. The van der Waals surface area contributed by atoms with E-state index in [9.17, 15) is 9.18 Å². The van der Waals surface area contributed by atoms with Crippen LogP contribution in [0.2, 0.25) is 0 Å². The molecule has 1 aromatic carbocycles. The molecule has 1 unspecified atom stereocenters. The largest absolute Gasteiger partial charge is 0.307 e. The second-order valence-electron chi connectivity index (χ2n) is 3.64. The molecule has 1 N–H and O–H groups in total. The fourth-order valence-electron chi connectivity index (χ4n) is 1.79. The van der Waals surface area contributed by atoms with Crippen LogP contribution in [-0.2, 0) is 0 Å². The third-order valence-electron chi connectivity index (χ3n) is 2.57. The molecule has 1 heterocycles. The topological polar surface area (TPSA) is 29.1 Å². The maximum absolute atomic E-state index is 13.5. The van der Waals surface area contributed by atoms with Crippen molar-refractivity contribution in [3.63, 3.8) is 0 Å².